The van der Waals surface area contributed by atoms with Crippen LogP contribution in [0.2, 0.25) is 0 Å². The minimum atomic E-state index is -5.01. The summed E-state index contributed by atoms with van der Waals surface area (Å²) in [7, 11) is 1.46. The maximum absolute atomic E-state index is 14.4. The zero-order chi connectivity index (χ0) is 32.1. The first-order valence-electron chi connectivity index (χ1n) is 14.1. The number of hydrogen-bond donors (Lipinski definition) is 2. The summed E-state index contributed by atoms with van der Waals surface area (Å²) in [6.45, 7) is 0.740. The van der Waals surface area contributed by atoms with Crippen molar-refractivity contribution in [3.63, 3.8) is 0 Å². The van der Waals surface area contributed by atoms with Gasteiger partial charge >= 0.3 is 18.3 Å². The molecule has 15 heteroatoms. The smallest absolute Gasteiger partial charge is 0.416 e. The second-order valence-electron chi connectivity index (χ2n) is 11.2. The van der Waals surface area contributed by atoms with Crippen molar-refractivity contribution >= 4 is 11.9 Å². The Morgan fingerprint density at radius 1 is 0.955 bits per heavy atom. The van der Waals surface area contributed by atoms with Gasteiger partial charge in [0, 0.05) is 19.5 Å². The minimum absolute atomic E-state index is 0.0506. The molecule has 0 radical (unpaired) electrons. The van der Waals surface area contributed by atoms with Crippen LogP contribution in [0.3, 0.4) is 0 Å². The lowest BCUT2D eigenvalue weighted by Crippen LogP contribution is -2.29. The third kappa shape index (κ3) is 9.37. The number of benzene rings is 2. The fraction of sp³-hybridized carbons (Fsp3) is 0.517. The van der Waals surface area contributed by atoms with Gasteiger partial charge in [0.2, 0.25) is 0 Å². The number of carbonyl (C=O) groups is 1. The van der Waals surface area contributed by atoms with Gasteiger partial charge in [-0.2, -0.15) is 31.1 Å². The van der Waals surface area contributed by atoms with Crippen LogP contribution in [0.4, 0.5) is 36.7 Å². The summed E-state index contributed by atoms with van der Waals surface area (Å²) >= 11 is 0. The highest BCUT2D eigenvalue weighted by Crippen LogP contribution is 2.37. The second kappa shape index (κ2) is 13.9. The van der Waals surface area contributed by atoms with E-state index in [2.05, 4.69) is 20.7 Å². The quantitative estimate of drug-likeness (QED) is 0.187. The van der Waals surface area contributed by atoms with Crippen LogP contribution in [-0.2, 0) is 43.7 Å². The molecule has 2 N–H and O–H groups in total. The average molecular weight is 631 g/mol. The molecule has 1 aliphatic rings. The predicted molar refractivity (Wildman–Crippen MR) is 146 cm³/mol. The van der Waals surface area contributed by atoms with E-state index in [4.69, 9.17) is 5.11 Å². The van der Waals surface area contributed by atoms with Crippen molar-refractivity contribution < 1.29 is 40.6 Å². The molecule has 0 aliphatic heterocycles. The Bertz CT molecular complexity index is 1390. The number of alkyl halides is 6. The molecule has 1 aromatic heterocycles. The Balaban J connectivity index is 1.49. The summed E-state index contributed by atoms with van der Waals surface area (Å²) < 4.78 is 95.3. The molecule has 1 heterocycles. The maximum Gasteiger partial charge on any atom is 0.416 e. The molecule has 4 rings (SSSR count). The zero-order valence-corrected chi connectivity index (χ0v) is 23.9. The summed E-state index contributed by atoms with van der Waals surface area (Å²) in [6, 6.07) is 5.51. The summed E-state index contributed by atoms with van der Waals surface area (Å²) in [6.07, 6.45) is -5.76. The van der Waals surface area contributed by atoms with Crippen LogP contribution < -0.4 is 10.2 Å². The van der Waals surface area contributed by atoms with Gasteiger partial charge in [0.15, 0.2) is 0 Å². The first kappa shape index (κ1) is 33.1. The van der Waals surface area contributed by atoms with Crippen molar-refractivity contribution in [2.45, 2.75) is 64.0 Å². The number of aliphatic carboxylic acids is 1. The van der Waals surface area contributed by atoms with E-state index in [1.165, 1.54) is 24.1 Å². The van der Waals surface area contributed by atoms with Crippen LogP contribution >= 0.6 is 0 Å². The highest BCUT2D eigenvalue weighted by molar-refractivity contribution is 5.67. The molecule has 2 aromatic carbocycles. The van der Waals surface area contributed by atoms with Gasteiger partial charge in [-0.25, -0.2) is 4.39 Å². The van der Waals surface area contributed by atoms with Crippen LogP contribution in [0.15, 0.2) is 36.4 Å². The lowest BCUT2D eigenvalue weighted by molar-refractivity contribution is -0.143. The fourth-order valence-corrected chi connectivity index (χ4v) is 5.54. The molecule has 0 bridgehead atoms. The lowest BCUT2D eigenvalue weighted by atomic mass is 9.80. The molecule has 0 unspecified atom stereocenters. The Morgan fingerprint density at radius 2 is 1.59 bits per heavy atom. The molecule has 1 saturated carbocycles. The summed E-state index contributed by atoms with van der Waals surface area (Å²) in [5.74, 6) is -0.768. The number of anilines is 1. The van der Waals surface area contributed by atoms with Gasteiger partial charge in [-0.3, -0.25) is 4.79 Å². The second-order valence-corrected chi connectivity index (χ2v) is 11.2. The summed E-state index contributed by atoms with van der Waals surface area (Å²) in [4.78, 5) is 13.4. The van der Waals surface area contributed by atoms with E-state index in [0.717, 1.165) is 42.6 Å². The van der Waals surface area contributed by atoms with E-state index >= 15 is 0 Å². The molecule has 1 fully saturated rings. The predicted octanol–water partition coefficient (Wildman–Crippen LogP) is 6.01. The highest BCUT2D eigenvalue weighted by atomic mass is 19.4. The molecule has 3 aromatic rings. The Kier molecular flexibility index (Phi) is 10.5. The van der Waals surface area contributed by atoms with Crippen LogP contribution in [-0.4, -0.2) is 44.4 Å². The Morgan fingerprint density at radius 3 is 2.16 bits per heavy atom. The fourth-order valence-electron chi connectivity index (χ4n) is 5.54. The van der Waals surface area contributed by atoms with Gasteiger partial charge in [0.05, 0.1) is 18.2 Å². The van der Waals surface area contributed by atoms with Crippen molar-refractivity contribution in [3.05, 3.63) is 70.0 Å². The van der Waals surface area contributed by atoms with Crippen molar-refractivity contribution in [1.29, 1.82) is 0 Å². The average Bonchev–Trinajstić information content (AvgIpc) is 3.37. The van der Waals surface area contributed by atoms with Crippen molar-refractivity contribution in [1.82, 2.24) is 25.5 Å². The standard InChI is InChI=1S/C29H33F7N6O2/c1-41-39-27(38-40-41)42(16-20-10-23(28(31,32)33)14-24(11-20)29(34,35)36)17-22-13-25(30)7-6-21(22)8-9-37-15-19-4-2-18(3-5-19)12-26(43)44/h6-7,10-11,13-14,18-19,37H,2-5,8-9,12,15-17H2,1H3,(H,43,44). The van der Waals surface area contributed by atoms with E-state index < -0.39 is 41.8 Å². The lowest BCUT2D eigenvalue weighted by Gasteiger charge is -2.28. The molecule has 0 saturated heterocycles. The number of nitrogens with one attached hydrogen (secondary N) is 1. The SMILES string of the molecule is Cn1nnc(N(Cc2cc(C(F)(F)F)cc(C(F)(F)F)c2)Cc2cc(F)ccc2CCNCC2CCC(CC(=O)O)CC2)n1. The van der Waals surface area contributed by atoms with Gasteiger partial charge < -0.3 is 15.3 Å². The van der Waals surface area contributed by atoms with Crippen LogP contribution in [0.5, 0.6) is 0 Å². The van der Waals surface area contributed by atoms with Crippen molar-refractivity contribution in [2.24, 2.45) is 18.9 Å². The summed E-state index contributed by atoms with van der Waals surface area (Å²) in [5, 5.41) is 24.1. The number of aromatic nitrogens is 4. The third-order valence-corrected chi connectivity index (χ3v) is 7.76. The molecule has 240 valence electrons. The first-order valence-corrected chi connectivity index (χ1v) is 14.1. The van der Waals surface area contributed by atoms with Crippen LogP contribution in [0.25, 0.3) is 0 Å². The van der Waals surface area contributed by atoms with E-state index in [0.29, 0.717) is 36.6 Å². The molecule has 1 aliphatic carbocycles. The highest BCUT2D eigenvalue weighted by Gasteiger charge is 2.37. The number of carboxylic acid groups (broad SMARTS) is 1. The first-order chi connectivity index (χ1) is 20.7. The van der Waals surface area contributed by atoms with Crippen LogP contribution in [0, 0.1) is 17.7 Å². The normalized spacial score (nSPS) is 17.5. The number of hydrogen-bond acceptors (Lipinski definition) is 6. The number of rotatable bonds is 12. The molecule has 44 heavy (non-hydrogen) atoms. The van der Waals surface area contributed by atoms with Crippen molar-refractivity contribution in [3.8, 4) is 0 Å². The number of nitrogens with zero attached hydrogens (tertiary/aromatic N) is 5. The van der Waals surface area contributed by atoms with Crippen molar-refractivity contribution in [2.75, 3.05) is 18.0 Å². The van der Waals surface area contributed by atoms with Gasteiger partial charge in [0.1, 0.15) is 5.82 Å². The van der Waals surface area contributed by atoms with Gasteiger partial charge in [-0.1, -0.05) is 11.2 Å². The maximum atomic E-state index is 14.4. The minimum Gasteiger partial charge on any atom is -0.481 e. The van der Waals surface area contributed by atoms with Crippen LogP contribution in [0.1, 0.15) is 59.9 Å². The number of carboxylic acids is 1. The van der Waals surface area contributed by atoms with Gasteiger partial charge in [-0.05, 0) is 109 Å². The largest absolute Gasteiger partial charge is 0.481 e. The van der Waals surface area contributed by atoms with E-state index in [1.54, 1.807) is 6.07 Å². The zero-order valence-electron chi connectivity index (χ0n) is 23.9. The van der Waals surface area contributed by atoms with E-state index in [1.807, 2.05) is 0 Å². The van der Waals surface area contributed by atoms with Gasteiger partial charge in [-0.15, -0.1) is 5.10 Å². The topological polar surface area (TPSA) is 96.2 Å². The summed E-state index contributed by atoms with van der Waals surface area (Å²) in [5.41, 5.74) is -1.96. The molecule has 8 nitrogen and oxygen atoms in total. The Hall–Kier alpha value is -3.75. The molecule has 0 atom stereocenters. The molecular formula is C29H33F7N6O2. The van der Waals surface area contributed by atoms with E-state index in [-0.39, 0.29) is 36.5 Å². The molecular weight excluding hydrogens is 597 g/mol. The number of tetrazole rings is 1. The molecule has 0 amide bonds. The molecule has 0 spiro atoms. The number of halogens is 7. The van der Waals surface area contributed by atoms with E-state index in [9.17, 15) is 35.5 Å². The third-order valence-electron chi connectivity index (χ3n) is 7.76. The Labute approximate surface area is 249 Å². The van der Waals surface area contributed by atoms with Gasteiger partial charge in [0.25, 0.3) is 5.95 Å². The number of aryl methyl sites for hydroxylation is 1. The monoisotopic (exact) mass is 630 g/mol.